The third-order valence-electron chi connectivity index (χ3n) is 4.62. The quantitative estimate of drug-likeness (QED) is 0.714. The van der Waals surface area contributed by atoms with Gasteiger partial charge in [-0.15, -0.1) is 0 Å². The molecule has 8 nitrogen and oxygen atoms in total. The maximum absolute atomic E-state index is 12.5. The van der Waals surface area contributed by atoms with Gasteiger partial charge in [0, 0.05) is 32.7 Å². The summed E-state index contributed by atoms with van der Waals surface area (Å²) in [4.78, 5) is 24.3. The van der Waals surface area contributed by atoms with Crippen LogP contribution in [-0.4, -0.2) is 68.6 Å². The van der Waals surface area contributed by atoms with E-state index in [1.165, 1.54) is 0 Å². The van der Waals surface area contributed by atoms with E-state index in [0.717, 1.165) is 31.9 Å². The summed E-state index contributed by atoms with van der Waals surface area (Å²) < 4.78 is 1.69. The average molecular weight is 354 g/mol. The van der Waals surface area contributed by atoms with Gasteiger partial charge in [-0.3, -0.25) is 14.7 Å². The van der Waals surface area contributed by atoms with Crippen LogP contribution in [0.25, 0.3) is 16.7 Å². The molecule has 0 unspecified atom stereocenters. The number of benzene rings is 1. The molecule has 2 aromatic heterocycles. The zero-order chi connectivity index (χ0) is 18.1. The van der Waals surface area contributed by atoms with Crippen molar-refractivity contribution in [3.63, 3.8) is 0 Å². The predicted molar refractivity (Wildman–Crippen MR) is 99.8 cm³/mol. The van der Waals surface area contributed by atoms with Gasteiger partial charge in [-0.25, -0.2) is 4.68 Å². The van der Waals surface area contributed by atoms with E-state index in [1.807, 2.05) is 30.3 Å². The number of H-pyrrole nitrogens is 1. The average Bonchev–Trinajstić information content (AvgIpc) is 3.07. The molecule has 2 N–H and O–H groups in total. The van der Waals surface area contributed by atoms with Crippen LogP contribution in [0.15, 0.2) is 41.3 Å². The van der Waals surface area contributed by atoms with Gasteiger partial charge in [0.05, 0.1) is 18.0 Å². The summed E-state index contributed by atoms with van der Waals surface area (Å²) in [6.45, 7) is 5.61. The van der Waals surface area contributed by atoms with Crippen LogP contribution in [-0.2, 0) is 0 Å². The van der Waals surface area contributed by atoms with Gasteiger partial charge in [0.15, 0.2) is 5.65 Å². The summed E-state index contributed by atoms with van der Waals surface area (Å²) in [5.41, 5.74) is 1.24. The maximum atomic E-state index is 12.5. The number of β-amino-alcohol motifs (C(OH)–C–C–N with tert-alkyl or cyclic N) is 1. The molecule has 3 aromatic rings. The number of nitrogens with one attached hydrogen (secondary N) is 1. The highest BCUT2D eigenvalue weighted by atomic mass is 16.3. The van der Waals surface area contributed by atoms with Gasteiger partial charge in [-0.2, -0.15) is 10.1 Å². The number of fused-ring (bicyclic) bond motifs is 1. The lowest BCUT2D eigenvalue weighted by Crippen LogP contribution is -2.49. The minimum absolute atomic E-state index is 0.182. The molecule has 0 radical (unpaired) electrons. The Morgan fingerprint density at radius 3 is 2.62 bits per heavy atom. The first-order valence-electron chi connectivity index (χ1n) is 8.80. The summed E-state index contributed by atoms with van der Waals surface area (Å²) in [5, 5.41) is 14.3. The van der Waals surface area contributed by atoms with E-state index >= 15 is 0 Å². The molecule has 3 heterocycles. The molecular formula is C18H22N6O2. The molecule has 8 heteroatoms. The fraction of sp³-hybridized carbons (Fsp3) is 0.389. The predicted octanol–water partition coefficient (Wildman–Crippen LogP) is 0.612. The monoisotopic (exact) mass is 354 g/mol. The van der Waals surface area contributed by atoms with Crippen LogP contribution in [0.4, 0.5) is 5.95 Å². The molecule has 0 aliphatic carbocycles. The Labute approximate surface area is 150 Å². The minimum atomic E-state index is -0.337. The third-order valence-corrected chi connectivity index (χ3v) is 4.62. The van der Waals surface area contributed by atoms with Crippen molar-refractivity contribution in [3.8, 4) is 5.69 Å². The smallest absolute Gasteiger partial charge is 0.263 e. The number of anilines is 1. The Kier molecular flexibility index (Phi) is 4.44. The van der Waals surface area contributed by atoms with Crippen molar-refractivity contribution in [2.45, 2.75) is 13.0 Å². The SMILES string of the molecule is C[C@@H](O)CN1CCN(c2nc3c(cnn3-c3ccccc3)c(=O)[nH]2)CC1. The summed E-state index contributed by atoms with van der Waals surface area (Å²) in [6, 6.07) is 9.66. The van der Waals surface area contributed by atoms with E-state index in [1.54, 1.807) is 17.8 Å². The zero-order valence-corrected chi connectivity index (χ0v) is 14.7. The fourth-order valence-electron chi connectivity index (χ4n) is 3.33. The first-order valence-corrected chi connectivity index (χ1v) is 8.80. The maximum Gasteiger partial charge on any atom is 0.263 e. The second-order valence-electron chi connectivity index (χ2n) is 6.66. The van der Waals surface area contributed by atoms with Crippen molar-refractivity contribution in [2.75, 3.05) is 37.6 Å². The highest BCUT2D eigenvalue weighted by molar-refractivity contribution is 5.76. The van der Waals surface area contributed by atoms with Crippen molar-refractivity contribution in [1.29, 1.82) is 0 Å². The number of aromatic nitrogens is 4. The van der Waals surface area contributed by atoms with Crippen LogP contribution < -0.4 is 10.5 Å². The van der Waals surface area contributed by atoms with Crippen molar-refractivity contribution in [3.05, 3.63) is 46.9 Å². The van der Waals surface area contributed by atoms with Crippen molar-refractivity contribution in [1.82, 2.24) is 24.6 Å². The molecule has 1 aromatic carbocycles. The van der Waals surface area contributed by atoms with Gasteiger partial charge in [0.2, 0.25) is 5.95 Å². The largest absolute Gasteiger partial charge is 0.392 e. The van der Waals surface area contributed by atoms with E-state index in [-0.39, 0.29) is 11.7 Å². The first-order chi connectivity index (χ1) is 12.6. The zero-order valence-electron chi connectivity index (χ0n) is 14.7. The molecule has 1 atom stereocenters. The number of aromatic amines is 1. The molecule has 0 bridgehead atoms. The second-order valence-corrected chi connectivity index (χ2v) is 6.66. The molecule has 4 rings (SSSR count). The molecule has 0 spiro atoms. The number of aliphatic hydroxyl groups excluding tert-OH is 1. The molecule has 1 fully saturated rings. The van der Waals surface area contributed by atoms with Crippen molar-refractivity contribution >= 4 is 17.0 Å². The molecule has 136 valence electrons. The van der Waals surface area contributed by atoms with E-state index in [2.05, 4.69) is 24.9 Å². The summed E-state index contributed by atoms with van der Waals surface area (Å²) in [6.07, 6.45) is 1.22. The van der Waals surface area contributed by atoms with Crippen LogP contribution in [0.1, 0.15) is 6.92 Å². The lowest BCUT2D eigenvalue weighted by Gasteiger charge is -2.35. The normalized spacial score (nSPS) is 16.9. The van der Waals surface area contributed by atoms with Crippen LogP contribution in [0.2, 0.25) is 0 Å². The summed E-state index contributed by atoms with van der Waals surface area (Å²) >= 11 is 0. The number of aliphatic hydroxyl groups is 1. The van der Waals surface area contributed by atoms with E-state index in [0.29, 0.717) is 23.5 Å². The lowest BCUT2D eigenvalue weighted by atomic mass is 10.3. The van der Waals surface area contributed by atoms with Gasteiger partial charge in [-0.05, 0) is 19.1 Å². The Morgan fingerprint density at radius 2 is 1.92 bits per heavy atom. The van der Waals surface area contributed by atoms with Crippen LogP contribution in [0, 0.1) is 0 Å². The molecule has 0 saturated carbocycles. The van der Waals surface area contributed by atoms with E-state index in [4.69, 9.17) is 0 Å². The number of piperazine rings is 1. The van der Waals surface area contributed by atoms with Gasteiger partial charge in [0.1, 0.15) is 5.39 Å². The van der Waals surface area contributed by atoms with Crippen molar-refractivity contribution < 1.29 is 5.11 Å². The summed E-state index contributed by atoms with van der Waals surface area (Å²) in [5.74, 6) is 0.567. The Hall–Kier alpha value is -2.71. The molecule has 1 aliphatic rings. The van der Waals surface area contributed by atoms with Crippen LogP contribution in [0.3, 0.4) is 0 Å². The highest BCUT2D eigenvalue weighted by Crippen LogP contribution is 2.17. The van der Waals surface area contributed by atoms with Crippen LogP contribution in [0.5, 0.6) is 0 Å². The number of para-hydroxylation sites is 1. The Morgan fingerprint density at radius 1 is 1.19 bits per heavy atom. The molecule has 0 amide bonds. The number of hydrogen-bond acceptors (Lipinski definition) is 6. The van der Waals surface area contributed by atoms with Crippen LogP contribution >= 0.6 is 0 Å². The van der Waals surface area contributed by atoms with E-state index < -0.39 is 0 Å². The topological polar surface area (TPSA) is 90.3 Å². The van der Waals surface area contributed by atoms with E-state index in [9.17, 15) is 9.90 Å². The number of nitrogens with zero attached hydrogens (tertiary/aromatic N) is 5. The third kappa shape index (κ3) is 3.21. The van der Waals surface area contributed by atoms with Gasteiger partial charge < -0.3 is 10.0 Å². The minimum Gasteiger partial charge on any atom is -0.392 e. The lowest BCUT2D eigenvalue weighted by molar-refractivity contribution is 0.122. The molecular weight excluding hydrogens is 332 g/mol. The highest BCUT2D eigenvalue weighted by Gasteiger charge is 2.21. The number of rotatable bonds is 4. The van der Waals surface area contributed by atoms with Gasteiger partial charge >= 0.3 is 0 Å². The standard InChI is InChI=1S/C18H22N6O2/c1-13(25)12-22-7-9-23(10-8-22)18-20-16-15(17(26)21-18)11-19-24(16)14-5-3-2-4-6-14/h2-6,11,13,25H,7-10,12H2,1H3,(H,20,21,26)/t13-/m1/s1. The molecule has 1 saturated heterocycles. The molecule has 1 aliphatic heterocycles. The van der Waals surface area contributed by atoms with Gasteiger partial charge in [-0.1, -0.05) is 18.2 Å². The Balaban J connectivity index is 1.64. The Bertz CT molecular complexity index is 941. The second kappa shape index (κ2) is 6.89. The fourth-order valence-corrected chi connectivity index (χ4v) is 3.33. The first kappa shape index (κ1) is 16.7. The summed E-state index contributed by atoms with van der Waals surface area (Å²) in [7, 11) is 0. The molecule has 26 heavy (non-hydrogen) atoms. The van der Waals surface area contributed by atoms with Gasteiger partial charge in [0.25, 0.3) is 5.56 Å². The number of hydrogen-bond donors (Lipinski definition) is 2. The van der Waals surface area contributed by atoms with Crippen molar-refractivity contribution in [2.24, 2.45) is 0 Å².